The molecule has 11 nitrogen and oxygen atoms in total. The molecule has 1 saturated heterocycles. The summed E-state index contributed by atoms with van der Waals surface area (Å²) in [6, 6.07) is 31.5. The molecule has 0 radical (unpaired) electrons. The summed E-state index contributed by atoms with van der Waals surface area (Å²) >= 11 is 7.48. The fraction of sp³-hybridized carbons (Fsp3) is 0.320. The number of unbranched alkanes of at least 4 members (excludes halogenated alkanes) is 2. The molecular weight excluding hydrogens is 830 g/mol. The Bertz CT molecular complexity index is 2500. The van der Waals surface area contributed by atoms with Crippen LogP contribution in [0.25, 0.3) is 17.2 Å². The number of nitriles is 1. The van der Waals surface area contributed by atoms with Crippen molar-refractivity contribution in [1.29, 1.82) is 5.26 Å². The number of hydrogen-bond acceptors (Lipinski definition) is 8. The van der Waals surface area contributed by atoms with E-state index in [4.69, 9.17) is 11.6 Å². The summed E-state index contributed by atoms with van der Waals surface area (Å²) in [5.41, 5.74) is 7.55. The highest BCUT2D eigenvalue weighted by atomic mass is 35.5. The molecule has 1 fully saturated rings. The number of rotatable bonds is 14. The molecule has 0 bridgehead atoms. The first-order valence-electron chi connectivity index (χ1n) is 21.5. The quantitative estimate of drug-likeness (QED) is 0.0572. The summed E-state index contributed by atoms with van der Waals surface area (Å²) in [5.74, 6) is -1.14. The highest BCUT2D eigenvalue weighted by Crippen LogP contribution is 2.41. The number of carbonyl (C=O) groups excluding carboxylic acids is 4. The van der Waals surface area contributed by atoms with E-state index in [2.05, 4.69) is 40.0 Å². The minimum atomic E-state index is -0.430. The zero-order chi connectivity index (χ0) is 44.5. The summed E-state index contributed by atoms with van der Waals surface area (Å²) < 4.78 is 0. The third-order valence-electron chi connectivity index (χ3n) is 11.8. The summed E-state index contributed by atoms with van der Waals surface area (Å²) in [6.45, 7) is 7.31. The molecule has 4 atom stereocenters. The molecule has 7 rings (SSSR count). The van der Waals surface area contributed by atoms with Gasteiger partial charge in [0.25, 0.3) is 11.8 Å². The van der Waals surface area contributed by atoms with Crippen LogP contribution in [0.2, 0.25) is 5.02 Å². The van der Waals surface area contributed by atoms with Crippen molar-refractivity contribution in [3.8, 4) is 17.2 Å². The van der Waals surface area contributed by atoms with E-state index < -0.39 is 11.8 Å². The van der Waals surface area contributed by atoms with Gasteiger partial charge in [-0.25, -0.2) is 4.98 Å². The molecule has 2 aliphatic heterocycles. The number of thiazole rings is 1. The van der Waals surface area contributed by atoms with Crippen molar-refractivity contribution < 1.29 is 19.2 Å². The minimum Gasteiger partial charge on any atom is -0.378 e. The average Bonchev–Trinajstić information content (AvgIpc) is 3.81. The standard InChI is InChI=1S/C50H52ClN7O4S/c1-32-8-7-9-37(24-32)40-26-41(31-57(30-40)50(62)39(29-52)28-47-53-22-23-63-47)49(61)55-21-6-4-5-20-54-48(60)36-12-10-35(11-13-36)38-14-19-46-44(27-38)45(25-33(2)58(46)34(3)59)56-43-17-15-42(51)16-18-43/h7-19,22-24,27-28,33,40-41,45,56H,4-6,20-21,25-26,30-31H2,1-3H3,(H,54,60)(H,55,61)/b39-28+/t33-,40?,41?,45+/m0/s1. The lowest BCUT2D eigenvalue weighted by molar-refractivity contribution is -0.133. The molecule has 3 heterocycles. The Morgan fingerprint density at radius 3 is 2.35 bits per heavy atom. The van der Waals surface area contributed by atoms with Gasteiger partial charge in [-0.05, 0) is 123 Å². The van der Waals surface area contributed by atoms with Crippen LogP contribution < -0.4 is 20.9 Å². The molecular formula is C50H52ClN7O4S. The molecule has 2 unspecified atom stereocenters. The Hall–Kier alpha value is -6.29. The first-order chi connectivity index (χ1) is 30.5. The van der Waals surface area contributed by atoms with Gasteiger partial charge >= 0.3 is 0 Å². The minimum absolute atomic E-state index is 0.000209. The number of hydrogen-bond donors (Lipinski definition) is 3. The third kappa shape index (κ3) is 11.2. The van der Waals surface area contributed by atoms with Crippen molar-refractivity contribution in [2.45, 2.75) is 70.9 Å². The molecule has 63 heavy (non-hydrogen) atoms. The number of halogens is 1. The Labute approximate surface area is 378 Å². The lowest BCUT2D eigenvalue weighted by Gasteiger charge is -2.39. The number of aryl methyl sites for hydroxylation is 1. The smallest absolute Gasteiger partial charge is 0.264 e. The van der Waals surface area contributed by atoms with E-state index in [-0.39, 0.29) is 47.8 Å². The first-order valence-corrected chi connectivity index (χ1v) is 22.7. The fourth-order valence-corrected chi connectivity index (χ4v) is 9.36. The maximum Gasteiger partial charge on any atom is 0.264 e. The maximum absolute atomic E-state index is 13.6. The Kier molecular flexibility index (Phi) is 14.7. The van der Waals surface area contributed by atoms with Gasteiger partial charge < -0.3 is 25.8 Å². The molecule has 3 N–H and O–H groups in total. The molecule has 4 amide bonds. The van der Waals surface area contributed by atoms with E-state index in [9.17, 15) is 24.4 Å². The van der Waals surface area contributed by atoms with Crippen molar-refractivity contribution in [2.24, 2.45) is 5.92 Å². The summed E-state index contributed by atoms with van der Waals surface area (Å²) in [5, 5.41) is 22.6. The van der Waals surface area contributed by atoms with Crippen LogP contribution in [-0.4, -0.2) is 65.7 Å². The molecule has 0 saturated carbocycles. The van der Waals surface area contributed by atoms with Crippen LogP contribution in [0.3, 0.4) is 0 Å². The van der Waals surface area contributed by atoms with Gasteiger partial charge in [0.2, 0.25) is 11.8 Å². The second-order valence-corrected chi connectivity index (χ2v) is 17.8. The second-order valence-electron chi connectivity index (χ2n) is 16.4. The molecule has 1 aromatic heterocycles. The van der Waals surface area contributed by atoms with Crippen LogP contribution in [0.5, 0.6) is 0 Å². The number of carbonyl (C=O) groups is 4. The molecule has 324 valence electrons. The topological polar surface area (TPSA) is 148 Å². The largest absolute Gasteiger partial charge is 0.378 e. The summed E-state index contributed by atoms with van der Waals surface area (Å²) in [7, 11) is 0. The van der Waals surface area contributed by atoms with Crippen molar-refractivity contribution >= 4 is 64.0 Å². The molecule has 0 aliphatic carbocycles. The van der Waals surface area contributed by atoms with Gasteiger partial charge in [0.05, 0.1) is 12.0 Å². The van der Waals surface area contributed by atoms with Gasteiger partial charge in [-0.1, -0.05) is 59.6 Å². The van der Waals surface area contributed by atoms with Gasteiger partial charge in [-0.3, -0.25) is 19.2 Å². The van der Waals surface area contributed by atoms with Crippen LogP contribution in [0.15, 0.2) is 108 Å². The average molecular weight is 883 g/mol. The number of likely N-dealkylation sites (tertiary alicyclic amines) is 1. The highest BCUT2D eigenvalue weighted by Gasteiger charge is 2.36. The molecule has 0 spiro atoms. The highest BCUT2D eigenvalue weighted by molar-refractivity contribution is 7.10. The number of amides is 4. The Morgan fingerprint density at radius 1 is 0.905 bits per heavy atom. The van der Waals surface area contributed by atoms with Crippen LogP contribution in [0.4, 0.5) is 11.4 Å². The van der Waals surface area contributed by atoms with Gasteiger partial charge in [0, 0.05) is 78.6 Å². The van der Waals surface area contributed by atoms with Crippen molar-refractivity contribution in [3.63, 3.8) is 0 Å². The predicted molar refractivity (Wildman–Crippen MR) is 250 cm³/mol. The van der Waals surface area contributed by atoms with Crippen LogP contribution in [0, 0.1) is 24.2 Å². The number of aromatic nitrogens is 1. The molecule has 13 heteroatoms. The number of anilines is 2. The third-order valence-corrected chi connectivity index (χ3v) is 12.8. The second kappa shape index (κ2) is 20.7. The SMILES string of the molecule is CC(=O)N1c2ccc(-c3ccc(C(=O)NCCCCCNC(=O)C4CC(c5cccc(C)c5)CN(C(=O)/C(C#N)=C/c5nccs5)C4)cc3)cc2[C@H](Nc2ccc(Cl)cc2)C[C@@H]1C. The molecule has 4 aromatic carbocycles. The van der Waals surface area contributed by atoms with Crippen LogP contribution in [-0.2, 0) is 14.4 Å². The lowest BCUT2D eigenvalue weighted by Crippen LogP contribution is -2.48. The number of nitrogens with one attached hydrogen (secondary N) is 3. The van der Waals surface area contributed by atoms with Crippen molar-refractivity contribution in [3.05, 3.63) is 140 Å². The van der Waals surface area contributed by atoms with E-state index in [0.717, 1.165) is 64.9 Å². The lowest BCUT2D eigenvalue weighted by atomic mass is 9.83. The Morgan fingerprint density at radius 2 is 1.65 bits per heavy atom. The Balaban J connectivity index is 0.894. The van der Waals surface area contributed by atoms with E-state index in [1.165, 1.54) is 17.4 Å². The number of nitrogens with zero attached hydrogens (tertiary/aromatic N) is 4. The van der Waals surface area contributed by atoms with Gasteiger partial charge in [-0.2, -0.15) is 5.26 Å². The zero-order valence-electron chi connectivity index (χ0n) is 35.8. The normalized spacial score (nSPS) is 18.5. The van der Waals surface area contributed by atoms with E-state index in [0.29, 0.717) is 41.6 Å². The number of piperidine rings is 1. The van der Waals surface area contributed by atoms with Gasteiger partial charge in [-0.15, -0.1) is 11.3 Å². The first kappa shape index (κ1) is 44.8. The number of fused-ring (bicyclic) bond motifs is 1. The number of benzene rings is 4. The van der Waals surface area contributed by atoms with Crippen molar-refractivity contribution in [2.75, 3.05) is 36.4 Å². The fourth-order valence-electron chi connectivity index (χ4n) is 8.67. The summed E-state index contributed by atoms with van der Waals surface area (Å²) in [6.07, 6.45) is 6.77. The monoisotopic (exact) mass is 881 g/mol. The maximum atomic E-state index is 13.6. The molecule has 5 aromatic rings. The van der Waals surface area contributed by atoms with E-state index in [1.807, 2.05) is 96.8 Å². The predicted octanol–water partition coefficient (Wildman–Crippen LogP) is 9.33. The van der Waals surface area contributed by atoms with Gasteiger partial charge in [0.15, 0.2) is 0 Å². The van der Waals surface area contributed by atoms with Gasteiger partial charge in [0.1, 0.15) is 16.6 Å². The molecule has 2 aliphatic rings. The van der Waals surface area contributed by atoms with Crippen LogP contribution in [0.1, 0.15) is 90.0 Å². The van der Waals surface area contributed by atoms with E-state index in [1.54, 1.807) is 23.4 Å². The summed E-state index contributed by atoms with van der Waals surface area (Å²) in [4.78, 5) is 60.7. The van der Waals surface area contributed by atoms with E-state index >= 15 is 0 Å². The van der Waals surface area contributed by atoms with Crippen molar-refractivity contribution in [1.82, 2.24) is 20.5 Å². The zero-order valence-corrected chi connectivity index (χ0v) is 37.3. The van der Waals surface area contributed by atoms with Crippen LogP contribution >= 0.6 is 22.9 Å².